The highest BCUT2D eigenvalue weighted by Crippen LogP contribution is 2.09. The molecule has 0 bridgehead atoms. The van der Waals surface area contributed by atoms with E-state index in [4.69, 9.17) is 0 Å². The summed E-state index contributed by atoms with van der Waals surface area (Å²) in [6, 6.07) is 0. The Bertz CT molecular complexity index is 254. The zero-order valence-corrected chi connectivity index (χ0v) is 7.77. The van der Waals surface area contributed by atoms with Crippen molar-refractivity contribution in [2.75, 3.05) is 38.1 Å². The fourth-order valence-electron chi connectivity index (χ4n) is 1.43. The number of likely N-dealkylation sites (N-methyl/N-ethyl adjacent to an activating group) is 1. The van der Waals surface area contributed by atoms with E-state index in [-0.39, 0.29) is 0 Å². The van der Waals surface area contributed by atoms with Gasteiger partial charge in [0, 0.05) is 38.6 Å². The monoisotopic (exact) mass is 177 g/mol. The quantitative estimate of drug-likeness (QED) is 0.605. The number of hydrogen-bond donors (Lipinski definition) is 0. The summed E-state index contributed by atoms with van der Waals surface area (Å²) in [4.78, 5) is 12.7. The van der Waals surface area contributed by atoms with Gasteiger partial charge in [-0.05, 0) is 7.05 Å². The molecule has 1 saturated heterocycles. The first-order valence-corrected chi connectivity index (χ1v) is 4.48. The zero-order chi connectivity index (χ0) is 9.10. The Morgan fingerprint density at radius 2 is 2.00 bits per heavy atom. The highest BCUT2D eigenvalue weighted by atomic mass is 15.3. The number of piperazine rings is 1. The van der Waals surface area contributed by atoms with Crippen LogP contribution in [-0.2, 0) is 0 Å². The van der Waals surface area contributed by atoms with Crippen LogP contribution in [0.25, 0.3) is 0 Å². The van der Waals surface area contributed by atoms with Crippen LogP contribution in [0.15, 0.2) is 12.4 Å². The molecule has 13 heavy (non-hydrogen) atoms. The largest absolute Gasteiger partial charge is 0.352 e. The van der Waals surface area contributed by atoms with Gasteiger partial charge in [-0.3, -0.25) is 0 Å². The molecule has 0 unspecified atom stereocenters. The number of nitrogens with zero attached hydrogens (tertiary/aromatic N) is 4. The molecule has 1 fully saturated rings. The molecule has 1 aliphatic heterocycles. The van der Waals surface area contributed by atoms with Gasteiger partial charge in [-0.25, -0.2) is 9.97 Å². The Hall–Kier alpha value is -1.16. The van der Waals surface area contributed by atoms with Crippen molar-refractivity contribution in [1.29, 1.82) is 0 Å². The first kappa shape index (κ1) is 8.44. The van der Waals surface area contributed by atoms with Crippen LogP contribution in [0, 0.1) is 6.20 Å². The molecule has 2 heterocycles. The van der Waals surface area contributed by atoms with E-state index < -0.39 is 0 Å². The van der Waals surface area contributed by atoms with E-state index in [0.717, 1.165) is 32.0 Å². The smallest absolute Gasteiger partial charge is 0.157 e. The minimum absolute atomic E-state index is 0.871. The van der Waals surface area contributed by atoms with E-state index in [1.807, 2.05) is 0 Å². The molecule has 0 atom stereocenters. The number of hydrogen-bond acceptors (Lipinski definition) is 4. The van der Waals surface area contributed by atoms with E-state index in [0.29, 0.717) is 0 Å². The van der Waals surface area contributed by atoms with Crippen molar-refractivity contribution in [3.63, 3.8) is 0 Å². The van der Waals surface area contributed by atoms with Crippen LogP contribution < -0.4 is 4.90 Å². The standard InChI is InChI=1S/C9H13N4/c1-12-4-6-13(7-5-12)9-8-10-2-3-11-9/h2-3H,4-7H2,1H3. The molecule has 1 aromatic rings. The third kappa shape index (κ3) is 1.95. The molecular weight excluding hydrogens is 164 g/mol. The Morgan fingerprint density at radius 3 is 2.62 bits per heavy atom. The first-order chi connectivity index (χ1) is 6.36. The normalized spacial score (nSPS) is 19.0. The van der Waals surface area contributed by atoms with Gasteiger partial charge in [0.2, 0.25) is 0 Å². The molecule has 0 saturated carbocycles. The van der Waals surface area contributed by atoms with Gasteiger partial charge in [0.05, 0.1) is 0 Å². The second-order valence-corrected chi connectivity index (χ2v) is 3.28. The maximum absolute atomic E-state index is 4.22. The van der Waals surface area contributed by atoms with Crippen LogP contribution >= 0.6 is 0 Å². The van der Waals surface area contributed by atoms with Crippen LogP contribution in [-0.4, -0.2) is 48.1 Å². The van der Waals surface area contributed by atoms with Crippen LogP contribution in [0.5, 0.6) is 0 Å². The lowest BCUT2D eigenvalue weighted by Gasteiger charge is -2.32. The van der Waals surface area contributed by atoms with Gasteiger partial charge >= 0.3 is 0 Å². The van der Waals surface area contributed by atoms with Crippen LogP contribution in [0.1, 0.15) is 0 Å². The van der Waals surface area contributed by atoms with Crippen molar-refractivity contribution >= 4 is 5.82 Å². The molecule has 1 radical (unpaired) electrons. The fourth-order valence-corrected chi connectivity index (χ4v) is 1.43. The Kier molecular flexibility index (Phi) is 2.40. The van der Waals surface area contributed by atoms with Gasteiger partial charge < -0.3 is 9.80 Å². The molecule has 0 N–H and O–H groups in total. The van der Waals surface area contributed by atoms with E-state index in [1.165, 1.54) is 0 Å². The van der Waals surface area contributed by atoms with Gasteiger partial charge in [-0.15, -0.1) is 0 Å². The minimum Gasteiger partial charge on any atom is -0.352 e. The third-order valence-corrected chi connectivity index (χ3v) is 2.31. The van der Waals surface area contributed by atoms with E-state index in [2.05, 4.69) is 33.0 Å². The molecule has 4 nitrogen and oxygen atoms in total. The maximum atomic E-state index is 4.22. The third-order valence-electron chi connectivity index (χ3n) is 2.31. The van der Waals surface area contributed by atoms with Crippen LogP contribution in [0.2, 0.25) is 0 Å². The lowest BCUT2D eigenvalue weighted by molar-refractivity contribution is 0.312. The number of aromatic nitrogens is 2. The summed E-state index contributed by atoms with van der Waals surface area (Å²) < 4.78 is 0. The summed E-state index contributed by atoms with van der Waals surface area (Å²) in [7, 11) is 2.14. The highest BCUT2D eigenvalue weighted by Gasteiger charge is 2.14. The van der Waals surface area contributed by atoms with Gasteiger partial charge in [-0.1, -0.05) is 0 Å². The molecule has 0 amide bonds. The zero-order valence-electron chi connectivity index (χ0n) is 7.77. The van der Waals surface area contributed by atoms with Crippen molar-refractivity contribution in [2.24, 2.45) is 0 Å². The van der Waals surface area contributed by atoms with Crippen LogP contribution in [0.4, 0.5) is 5.82 Å². The minimum atomic E-state index is 0.871. The summed E-state index contributed by atoms with van der Waals surface area (Å²) in [5.41, 5.74) is 0. The maximum Gasteiger partial charge on any atom is 0.157 e. The highest BCUT2D eigenvalue weighted by molar-refractivity contribution is 5.34. The lowest BCUT2D eigenvalue weighted by atomic mass is 10.3. The van der Waals surface area contributed by atoms with Gasteiger partial charge in [0.1, 0.15) is 6.20 Å². The van der Waals surface area contributed by atoms with Crippen molar-refractivity contribution in [2.45, 2.75) is 0 Å². The number of anilines is 1. The molecular formula is C9H13N4. The second kappa shape index (κ2) is 3.70. The van der Waals surface area contributed by atoms with Crippen molar-refractivity contribution in [3.8, 4) is 0 Å². The molecule has 0 aliphatic carbocycles. The van der Waals surface area contributed by atoms with Gasteiger partial charge in [0.25, 0.3) is 0 Å². The topological polar surface area (TPSA) is 32.3 Å². The predicted octanol–water partition coefficient (Wildman–Crippen LogP) is 0.0286. The van der Waals surface area contributed by atoms with Crippen molar-refractivity contribution in [3.05, 3.63) is 18.6 Å². The molecule has 69 valence electrons. The van der Waals surface area contributed by atoms with E-state index >= 15 is 0 Å². The average molecular weight is 177 g/mol. The summed E-state index contributed by atoms with van der Waals surface area (Å²) >= 11 is 0. The first-order valence-electron chi connectivity index (χ1n) is 4.48. The summed E-state index contributed by atoms with van der Waals surface area (Å²) in [5, 5.41) is 0. The Morgan fingerprint density at radius 1 is 1.23 bits per heavy atom. The average Bonchev–Trinajstić information content (AvgIpc) is 2.20. The number of rotatable bonds is 1. The van der Waals surface area contributed by atoms with E-state index in [1.54, 1.807) is 12.4 Å². The summed E-state index contributed by atoms with van der Waals surface area (Å²) in [6.45, 7) is 4.21. The SMILES string of the molecule is CN1CCN(c2[c]nccn2)CC1. The van der Waals surface area contributed by atoms with Crippen molar-refractivity contribution in [1.82, 2.24) is 14.9 Å². The molecule has 4 heteroatoms. The molecule has 0 aromatic carbocycles. The van der Waals surface area contributed by atoms with Crippen LogP contribution in [0.3, 0.4) is 0 Å². The van der Waals surface area contributed by atoms with Gasteiger partial charge in [0.15, 0.2) is 5.82 Å². The second-order valence-electron chi connectivity index (χ2n) is 3.28. The molecule has 0 spiro atoms. The summed E-state index contributed by atoms with van der Waals surface area (Å²) in [5.74, 6) is 0.871. The molecule has 2 rings (SSSR count). The lowest BCUT2D eigenvalue weighted by Crippen LogP contribution is -2.44. The predicted molar refractivity (Wildman–Crippen MR) is 50.6 cm³/mol. The summed E-state index contributed by atoms with van der Waals surface area (Å²) in [6.07, 6.45) is 6.26. The molecule has 1 aromatic heterocycles. The van der Waals surface area contributed by atoms with E-state index in [9.17, 15) is 0 Å². The fraction of sp³-hybridized carbons (Fsp3) is 0.556. The Labute approximate surface area is 78.2 Å². The molecule has 1 aliphatic rings. The van der Waals surface area contributed by atoms with Gasteiger partial charge in [-0.2, -0.15) is 0 Å². The Balaban J connectivity index is 2.03. The van der Waals surface area contributed by atoms with Crippen molar-refractivity contribution < 1.29 is 0 Å².